The quantitative estimate of drug-likeness (QED) is 0.101. The van der Waals surface area contributed by atoms with Gasteiger partial charge in [0.05, 0.1) is 30.4 Å². The molecule has 0 aliphatic carbocycles. The fourth-order valence-corrected chi connectivity index (χ4v) is 8.44. The predicted molar refractivity (Wildman–Crippen MR) is 259 cm³/mol. The van der Waals surface area contributed by atoms with Crippen LogP contribution in [0.15, 0.2) is 200 Å². The van der Waals surface area contributed by atoms with Crippen molar-refractivity contribution in [1.82, 2.24) is 14.1 Å². The average Bonchev–Trinajstić information content (AvgIpc) is 4.10. The van der Waals surface area contributed by atoms with E-state index in [0.29, 0.717) is 45.1 Å². The van der Waals surface area contributed by atoms with E-state index in [0.717, 1.165) is 27.4 Å². The molecule has 8 aromatic carbocycles. The molecule has 5 nitrogen and oxygen atoms in total. The van der Waals surface area contributed by atoms with Crippen LogP contribution in [0.2, 0.25) is 0 Å². The molecule has 6 heteroatoms. The van der Waals surface area contributed by atoms with Gasteiger partial charge in [-0.25, -0.2) is 4.98 Å². The summed E-state index contributed by atoms with van der Waals surface area (Å²) in [6, 6.07) is 41.9. The SMILES string of the molecule is [2H]c1c([2H])c([2H])c(-c2cccc(-c3c([2H])c([2H])c([2H])c([2H])c3[2H])c2-[n+]2[c-]n(-c3[c-]c(Oc4[c-]c5c(cc4)c4ccccc4n5-c4cc(C([2H])([2H])C(C)(C)c5ccccc5)ccn4)ccc3)c3cccc(C)c32)c([2H])c1[2H].[Pt]. The first-order chi connectivity index (χ1) is 36.3. The van der Waals surface area contributed by atoms with Gasteiger partial charge in [0.25, 0.3) is 6.33 Å². The molecule has 11 rings (SSSR count). The molecule has 0 fully saturated rings. The second kappa shape index (κ2) is 17.3. The molecule has 0 N–H and O–H groups in total. The van der Waals surface area contributed by atoms with Gasteiger partial charge in [0.2, 0.25) is 0 Å². The molecule has 0 aliphatic heterocycles. The van der Waals surface area contributed by atoms with Crippen molar-refractivity contribution in [3.05, 3.63) is 235 Å². The number of fused-ring (bicyclic) bond motifs is 4. The zero-order chi connectivity index (χ0) is 53.7. The van der Waals surface area contributed by atoms with Crippen molar-refractivity contribution in [1.29, 1.82) is 0 Å². The van der Waals surface area contributed by atoms with Gasteiger partial charge in [0.1, 0.15) is 5.82 Å². The van der Waals surface area contributed by atoms with Gasteiger partial charge in [-0.1, -0.05) is 165 Å². The maximum Gasteiger partial charge on any atom is 0.268 e. The molecular formula is C59H44N4OPt-2. The van der Waals surface area contributed by atoms with E-state index in [4.69, 9.17) is 23.4 Å². The van der Waals surface area contributed by atoms with Crippen LogP contribution >= 0.6 is 0 Å². The van der Waals surface area contributed by atoms with Crippen molar-refractivity contribution in [2.24, 2.45) is 0 Å². The number of aromatic nitrogens is 4. The van der Waals surface area contributed by atoms with E-state index in [1.165, 1.54) is 0 Å². The molecule has 3 aromatic heterocycles. The predicted octanol–water partition coefficient (Wildman–Crippen LogP) is 13.8. The summed E-state index contributed by atoms with van der Waals surface area (Å²) in [6.45, 7) is 5.68. The fourth-order valence-electron chi connectivity index (χ4n) is 8.44. The molecule has 0 radical (unpaired) electrons. The zero-order valence-corrected chi connectivity index (χ0v) is 37.6. The Morgan fingerprint density at radius 2 is 1.34 bits per heavy atom. The van der Waals surface area contributed by atoms with E-state index in [9.17, 15) is 2.74 Å². The zero-order valence-electron chi connectivity index (χ0n) is 47.3. The number of nitrogens with zero attached hydrogens (tertiary/aromatic N) is 4. The maximum atomic E-state index is 9.49. The molecule has 65 heavy (non-hydrogen) atoms. The summed E-state index contributed by atoms with van der Waals surface area (Å²) < 4.78 is 118. The number of pyridine rings is 1. The molecule has 0 spiro atoms. The number of ether oxygens (including phenoxy) is 1. The summed E-state index contributed by atoms with van der Waals surface area (Å²) in [4.78, 5) is 4.78. The molecule has 3 heterocycles. The molecule has 0 saturated carbocycles. The van der Waals surface area contributed by atoms with Crippen LogP contribution in [-0.4, -0.2) is 14.1 Å². The minimum atomic E-state index is -1.80. The van der Waals surface area contributed by atoms with Gasteiger partial charge in [0.15, 0.2) is 0 Å². The number of hydrogen-bond acceptors (Lipinski definition) is 2. The molecule has 0 aliphatic rings. The van der Waals surface area contributed by atoms with Gasteiger partial charge in [0, 0.05) is 47.0 Å². The Morgan fingerprint density at radius 3 is 2.09 bits per heavy atom. The van der Waals surface area contributed by atoms with Gasteiger partial charge in [-0.2, -0.15) is 18.2 Å². The van der Waals surface area contributed by atoms with Crippen molar-refractivity contribution >= 4 is 32.8 Å². The summed E-state index contributed by atoms with van der Waals surface area (Å²) in [7, 11) is 0. The van der Waals surface area contributed by atoms with Crippen molar-refractivity contribution in [2.45, 2.75) is 32.6 Å². The normalized spacial score (nSPS) is 14.4. The van der Waals surface area contributed by atoms with Gasteiger partial charge in [-0.15, -0.1) is 29.7 Å². The van der Waals surface area contributed by atoms with Crippen LogP contribution in [0.3, 0.4) is 0 Å². The summed E-state index contributed by atoms with van der Waals surface area (Å²) in [5.41, 5.74) is 4.36. The third kappa shape index (κ3) is 7.77. The van der Waals surface area contributed by atoms with Crippen molar-refractivity contribution in [2.75, 3.05) is 0 Å². The summed E-state index contributed by atoms with van der Waals surface area (Å²) in [6.07, 6.45) is 3.25. The number of para-hydroxylation sites is 3. The van der Waals surface area contributed by atoms with Gasteiger partial charge in [-0.05, 0) is 86.9 Å². The van der Waals surface area contributed by atoms with Crippen LogP contribution in [0.25, 0.3) is 72.3 Å². The first-order valence-electron chi connectivity index (χ1n) is 26.7. The molecule has 318 valence electrons. The molecule has 0 amide bonds. The third-order valence-corrected chi connectivity index (χ3v) is 11.4. The topological polar surface area (TPSA) is 35.9 Å². The third-order valence-electron chi connectivity index (χ3n) is 11.4. The van der Waals surface area contributed by atoms with Crippen LogP contribution in [0.5, 0.6) is 11.5 Å². The standard InChI is InChI=1S/C59H44N4O.Pt/c1-41-18-15-31-54-57(41)62(58-49(43-19-7-4-8-20-43)28-17-29-50(58)44-21-9-5-10-22-44)40-61(54)46-25-16-26-47(37-46)64-48-32-33-52-51-27-13-14-30-53(51)63(55(52)38-48)56-36-42(34-35-60-56)39-59(2,3)45-23-11-6-12-24-45;/h4-36H,39H2,1-3H3;/q-2;/i4D,5D,7D,8D,9D,10D,19D,20D,21D,22D,39D2;. The van der Waals surface area contributed by atoms with Gasteiger partial charge in [-0.3, -0.25) is 4.57 Å². The summed E-state index contributed by atoms with van der Waals surface area (Å²) in [5.74, 6) is 1.16. The monoisotopic (exact) mass is 1030 g/mol. The van der Waals surface area contributed by atoms with Crippen molar-refractivity contribution < 1.29 is 46.8 Å². The van der Waals surface area contributed by atoms with Crippen LogP contribution in [0.1, 0.15) is 47.0 Å². The molecule has 0 saturated heterocycles. The minimum absolute atomic E-state index is 0. The molecule has 0 unspecified atom stereocenters. The second-order valence-corrected chi connectivity index (χ2v) is 15.9. The van der Waals surface area contributed by atoms with Crippen molar-refractivity contribution in [3.63, 3.8) is 0 Å². The molecule has 11 aromatic rings. The Morgan fingerprint density at radius 1 is 0.677 bits per heavy atom. The minimum Gasteiger partial charge on any atom is -0.510 e. The Kier molecular flexibility index (Phi) is 7.98. The Balaban J connectivity index is 0.00000672. The van der Waals surface area contributed by atoms with Crippen LogP contribution < -0.4 is 9.30 Å². The Bertz CT molecular complexity index is 4050. The van der Waals surface area contributed by atoms with Gasteiger partial charge >= 0.3 is 0 Å². The Hall–Kier alpha value is -7.33. The first-order valence-corrected chi connectivity index (χ1v) is 20.7. The average molecular weight is 1030 g/mol. The van der Waals surface area contributed by atoms with E-state index in [-0.39, 0.29) is 49.0 Å². The first kappa shape index (κ1) is 29.9. The summed E-state index contributed by atoms with van der Waals surface area (Å²) >= 11 is 0. The largest absolute Gasteiger partial charge is 0.510 e. The molecule has 0 bridgehead atoms. The molecular weight excluding hydrogens is 976 g/mol. The number of aryl methyl sites for hydroxylation is 1. The van der Waals surface area contributed by atoms with E-state index < -0.39 is 72.2 Å². The van der Waals surface area contributed by atoms with E-state index >= 15 is 0 Å². The second-order valence-electron chi connectivity index (χ2n) is 15.9. The molecule has 0 atom stereocenters. The summed E-state index contributed by atoms with van der Waals surface area (Å²) in [5, 5.41) is 1.82. The maximum absolute atomic E-state index is 9.49. The smallest absolute Gasteiger partial charge is 0.268 e. The van der Waals surface area contributed by atoms with Crippen LogP contribution in [0, 0.1) is 25.4 Å². The fraction of sp³-hybridized carbons (Fsp3) is 0.0847. The van der Waals surface area contributed by atoms with Gasteiger partial charge < -0.3 is 13.9 Å². The van der Waals surface area contributed by atoms with E-state index in [2.05, 4.69) is 18.5 Å². The van der Waals surface area contributed by atoms with Crippen LogP contribution in [0.4, 0.5) is 0 Å². The van der Waals surface area contributed by atoms with E-state index in [1.807, 2.05) is 110 Å². The van der Waals surface area contributed by atoms with E-state index in [1.54, 1.807) is 63.9 Å². The Labute approximate surface area is 411 Å². The number of rotatable bonds is 10. The van der Waals surface area contributed by atoms with Crippen LogP contribution in [-0.2, 0) is 32.9 Å². The number of benzene rings is 8. The van der Waals surface area contributed by atoms with Crippen molar-refractivity contribution in [3.8, 4) is 50.9 Å². The number of imidazole rings is 1. The number of hydrogen-bond donors (Lipinski definition) is 0.